The minimum absolute atomic E-state index is 0.979. The van der Waals surface area contributed by atoms with Crippen molar-refractivity contribution in [3.63, 3.8) is 0 Å². The van der Waals surface area contributed by atoms with Gasteiger partial charge in [-0.2, -0.15) is 5.10 Å². The Bertz CT molecular complexity index is 980. The third-order valence-corrected chi connectivity index (χ3v) is 4.17. The molecule has 0 amide bonds. The maximum Gasteiger partial charge on any atom is 0.142 e. The number of nitrogens with one attached hydrogen (secondary N) is 1. The second-order valence-electron chi connectivity index (χ2n) is 6.10. The molecule has 0 fully saturated rings. The number of aromatic nitrogens is 2. The van der Waals surface area contributed by atoms with E-state index < -0.39 is 0 Å². The first kappa shape index (κ1) is 14.5. The van der Waals surface area contributed by atoms with Gasteiger partial charge in [-0.05, 0) is 50.2 Å². The number of nitrogens with zero attached hydrogens (tertiary/aromatic N) is 2. The smallest absolute Gasteiger partial charge is 0.142 e. The maximum absolute atomic E-state index is 4.78. The van der Waals surface area contributed by atoms with Crippen LogP contribution in [0.5, 0.6) is 0 Å². The quantitative estimate of drug-likeness (QED) is 0.550. The molecule has 4 aromatic rings. The predicted octanol–water partition coefficient (Wildman–Crippen LogP) is 5.39. The first-order chi connectivity index (χ1) is 11.7. The van der Waals surface area contributed by atoms with E-state index in [1.54, 1.807) is 0 Å². The topological polar surface area (TPSA) is 29.9 Å². The van der Waals surface area contributed by atoms with E-state index in [1.165, 1.54) is 11.1 Å². The van der Waals surface area contributed by atoms with Crippen LogP contribution in [0.25, 0.3) is 16.6 Å². The summed E-state index contributed by atoms with van der Waals surface area (Å²) in [5, 5.41) is 9.43. The molecule has 1 N–H and O–H groups in total. The zero-order valence-corrected chi connectivity index (χ0v) is 13.8. The molecule has 24 heavy (non-hydrogen) atoms. The molecule has 0 aliphatic carbocycles. The minimum Gasteiger partial charge on any atom is -0.340 e. The lowest BCUT2D eigenvalue weighted by molar-refractivity contribution is 0.903. The summed E-state index contributed by atoms with van der Waals surface area (Å²) < 4.78 is 1.98. The van der Waals surface area contributed by atoms with Crippen LogP contribution >= 0.6 is 0 Å². The fraction of sp³-hybridized carbons (Fsp3) is 0.0952. The molecule has 0 bridgehead atoms. The largest absolute Gasteiger partial charge is 0.340 e. The van der Waals surface area contributed by atoms with Gasteiger partial charge in [-0.1, -0.05) is 47.5 Å². The molecule has 1 aromatic heterocycles. The van der Waals surface area contributed by atoms with Gasteiger partial charge in [0.2, 0.25) is 0 Å². The van der Waals surface area contributed by atoms with Crippen molar-refractivity contribution in [2.24, 2.45) is 0 Å². The second kappa shape index (κ2) is 5.85. The van der Waals surface area contributed by atoms with Gasteiger partial charge in [-0.25, -0.2) is 4.68 Å². The van der Waals surface area contributed by atoms with Crippen molar-refractivity contribution in [3.8, 4) is 5.69 Å². The molecule has 1 heterocycles. The molecule has 0 radical (unpaired) electrons. The van der Waals surface area contributed by atoms with Crippen molar-refractivity contribution in [2.75, 3.05) is 5.32 Å². The highest BCUT2D eigenvalue weighted by Crippen LogP contribution is 2.29. The maximum atomic E-state index is 4.78. The van der Waals surface area contributed by atoms with Crippen LogP contribution in [0, 0.1) is 13.8 Å². The second-order valence-corrected chi connectivity index (χ2v) is 6.10. The average Bonchev–Trinajstić information content (AvgIpc) is 2.96. The lowest BCUT2D eigenvalue weighted by Gasteiger charge is -2.11. The monoisotopic (exact) mass is 313 g/mol. The summed E-state index contributed by atoms with van der Waals surface area (Å²) >= 11 is 0. The summed E-state index contributed by atoms with van der Waals surface area (Å²) in [7, 11) is 0. The average molecular weight is 313 g/mol. The summed E-state index contributed by atoms with van der Waals surface area (Å²) in [5.41, 5.74) is 5.57. The fourth-order valence-electron chi connectivity index (χ4n) is 2.80. The SMILES string of the molecule is Cc1ccc(Nc2c3ccccc3nn2-c2ccc(C)cc2)cc1. The number of hydrogen-bond acceptors (Lipinski definition) is 2. The van der Waals surface area contributed by atoms with Gasteiger partial charge >= 0.3 is 0 Å². The zero-order chi connectivity index (χ0) is 16.5. The third kappa shape index (κ3) is 2.65. The van der Waals surface area contributed by atoms with Crippen molar-refractivity contribution in [3.05, 3.63) is 83.9 Å². The standard InChI is InChI=1S/C21H19N3/c1-15-7-11-17(12-8-15)22-21-19-5-3-4-6-20(19)23-24(21)18-13-9-16(2)10-14-18/h3-14,22H,1-2H3. The molecule has 0 saturated carbocycles. The molecule has 0 aliphatic heterocycles. The summed E-state index contributed by atoms with van der Waals surface area (Å²) in [4.78, 5) is 0. The molecular weight excluding hydrogens is 294 g/mol. The minimum atomic E-state index is 0.979. The van der Waals surface area contributed by atoms with E-state index >= 15 is 0 Å². The van der Waals surface area contributed by atoms with Gasteiger partial charge in [0.05, 0.1) is 11.2 Å². The number of fused-ring (bicyclic) bond motifs is 1. The number of anilines is 2. The molecule has 0 unspecified atom stereocenters. The van der Waals surface area contributed by atoms with Gasteiger partial charge in [0.1, 0.15) is 5.82 Å². The third-order valence-electron chi connectivity index (χ3n) is 4.17. The number of benzene rings is 3. The highest BCUT2D eigenvalue weighted by Gasteiger charge is 2.12. The summed E-state index contributed by atoms with van der Waals surface area (Å²) in [5.74, 6) is 0.985. The van der Waals surface area contributed by atoms with Gasteiger partial charge < -0.3 is 5.32 Å². The van der Waals surface area contributed by atoms with Crippen LogP contribution in [0.2, 0.25) is 0 Å². The first-order valence-electron chi connectivity index (χ1n) is 8.09. The van der Waals surface area contributed by atoms with Crippen molar-refractivity contribution in [1.82, 2.24) is 9.78 Å². The summed E-state index contributed by atoms with van der Waals surface area (Å²) in [6.07, 6.45) is 0. The van der Waals surface area contributed by atoms with Gasteiger partial charge in [0.15, 0.2) is 0 Å². The summed E-state index contributed by atoms with van der Waals surface area (Å²) in [6, 6.07) is 25.0. The van der Waals surface area contributed by atoms with Crippen LogP contribution in [0.15, 0.2) is 72.8 Å². The predicted molar refractivity (Wildman–Crippen MR) is 100 cm³/mol. The van der Waals surface area contributed by atoms with Crippen molar-refractivity contribution in [1.29, 1.82) is 0 Å². The van der Waals surface area contributed by atoms with Crippen LogP contribution in [-0.4, -0.2) is 9.78 Å². The highest BCUT2D eigenvalue weighted by atomic mass is 15.3. The Morgan fingerprint density at radius 3 is 2.08 bits per heavy atom. The summed E-state index contributed by atoms with van der Waals surface area (Å²) in [6.45, 7) is 4.19. The van der Waals surface area contributed by atoms with Gasteiger partial charge in [0, 0.05) is 11.1 Å². The van der Waals surface area contributed by atoms with Crippen LogP contribution in [-0.2, 0) is 0 Å². The molecule has 0 atom stereocenters. The Labute approximate surface area is 141 Å². The fourth-order valence-corrected chi connectivity index (χ4v) is 2.80. The molecule has 3 aromatic carbocycles. The van der Waals surface area contributed by atoms with Crippen LogP contribution in [0.4, 0.5) is 11.5 Å². The van der Waals surface area contributed by atoms with Crippen LogP contribution in [0.3, 0.4) is 0 Å². The Morgan fingerprint density at radius 1 is 0.750 bits per heavy atom. The lowest BCUT2D eigenvalue weighted by atomic mass is 10.2. The van der Waals surface area contributed by atoms with Gasteiger partial charge in [-0.3, -0.25) is 0 Å². The number of hydrogen-bond donors (Lipinski definition) is 1. The Morgan fingerprint density at radius 2 is 1.38 bits per heavy atom. The lowest BCUT2D eigenvalue weighted by Crippen LogP contribution is -2.02. The molecular formula is C21H19N3. The van der Waals surface area contributed by atoms with E-state index in [0.29, 0.717) is 0 Å². The first-order valence-corrected chi connectivity index (χ1v) is 8.09. The molecule has 0 spiro atoms. The molecule has 0 aliphatic rings. The molecule has 3 heteroatoms. The Kier molecular flexibility index (Phi) is 3.54. The Hall–Kier alpha value is -3.07. The van der Waals surface area contributed by atoms with Gasteiger partial charge in [0.25, 0.3) is 0 Å². The van der Waals surface area contributed by atoms with E-state index in [1.807, 2.05) is 22.9 Å². The van der Waals surface area contributed by atoms with E-state index in [0.717, 1.165) is 28.1 Å². The Balaban J connectivity index is 1.86. The highest BCUT2D eigenvalue weighted by molar-refractivity contribution is 5.92. The van der Waals surface area contributed by atoms with Gasteiger partial charge in [-0.15, -0.1) is 0 Å². The number of rotatable bonds is 3. The van der Waals surface area contributed by atoms with E-state index in [-0.39, 0.29) is 0 Å². The van der Waals surface area contributed by atoms with Crippen LogP contribution in [0.1, 0.15) is 11.1 Å². The van der Waals surface area contributed by atoms with Crippen molar-refractivity contribution >= 4 is 22.4 Å². The normalized spacial score (nSPS) is 10.9. The molecule has 3 nitrogen and oxygen atoms in total. The molecule has 118 valence electrons. The zero-order valence-electron chi connectivity index (χ0n) is 13.8. The van der Waals surface area contributed by atoms with E-state index in [9.17, 15) is 0 Å². The van der Waals surface area contributed by atoms with Crippen LogP contribution < -0.4 is 5.32 Å². The molecule has 0 saturated heterocycles. The van der Waals surface area contributed by atoms with E-state index in [2.05, 4.69) is 73.8 Å². The van der Waals surface area contributed by atoms with Crippen molar-refractivity contribution < 1.29 is 0 Å². The number of aryl methyl sites for hydroxylation is 2. The molecule has 4 rings (SSSR count). The van der Waals surface area contributed by atoms with E-state index in [4.69, 9.17) is 5.10 Å². The van der Waals surface area contributed by atoms with Crippen molar-refractivity contribution in [2.45, 2.75) is 13.8 Å².